The summed E-state index contributed by atoms with van der Waals surface area (Å²) in [4.78, 5) is 55.3. The molecule has 15 heteroatoms. The van der Waals surface area contributed by atoms with Gasteiger partial charge in [-0.3, -0.25) is 19.2 Å². The number of amides is 4. The Morgan fingerprint density at radius 3 is 1.69 bits per heavy atom. The summed E-state index contributed by atoms with van der Waals surface area (Å²) in [5, 5.41) is 8.34. The smallest absolute Gasteiger partial charge is 0.263 e. The van der Waals surface area contributed by atoms with Crippen LogP contribution in [0.2, 0.25) is 0 Å². The van der Waals surface area contributed by atoms with Crippen LogP contribution >= 0.6 is 45.1 Å². The predicted molar refractivity (Wildman–Crippen MR) is 209 cm³/mol. The van der Waals surface area contributed by atoms with E-state index in [1.54, 1.807) is 38.0 Å². The number of aliphatic hydroxyl groups excluding tert-OH is 1. The third kappa shape index (κ3) is 7.59. The van der Waals surface area contributed by atoms with Gasteiger partial charge in [0.05, 0.1) is 37.6 Å². The fourth-order valence-electron chi connectivity index (χ4n) is 6.06. The van der Waals surface area contributed by atoms with Crippen molar-refractivity contribution in [3.05, 3.63) is 107 Å². The van der Waals surface area contributed by atoms with Gasteiger partial charge in [0.15, 0.2) is 15.6 Å². The molecule has 3 aromatic rings. The normalized spacial score (nSPS) is 26.6. The van der Waals surface area contributed by atoms with Crippen molar-refractivity contribution in [1.29, 1.82) is 0 Å². The van der Waals surface area contributed by atoms with Gasteiger partial charge in [-0.2, -0.15) is 0 Å². The summed E-state index contributed by atoms with van der Waals surface area (Å²) < 4.78 is 11.6. The van der Waals surface area contributed by atoms with Crippen LogP contribution in [-0.2, 0) is 48.5 Å². The van der Waals surface area contributed by atoms with E-state index in [2.05, 4.69) is 0 Å². The second-order valence-corrected chi connectivity index (χ2v) is 18.0. The summed E-state index contributed by atoms with van der Waals surface area (Å²) in [6.07, 6.45) is 0. The molecule has 6 aliphatic rings. The first-order valence-electron chi connectivity index (χ1n) is 16.2. The summed E-state index contributed by atoms with van der Waals surface area (Å²) >= 11 is 2.93. The molecular weight excluding hydrogens is 741 g/mol. The zero-order valence-electron chi connectivity index (χ0n) is 28.7. The molecule has 52 heavy (non-hydrogen) atoms. The second-order valence-electron chi connectivity index (χ2n) is 12.5. The highest BCUT2D eigenvalue weighted by molar-refractivity contribution is 8.78. The minimum absolute atomic E-state index is 0. The quantitative estimate of drug-likeness (QED) is 0.280. The van der Waals surface area contributed by atoms with Crippen LogP contribution in [-0.4, -0.2) is 110 Å². The number of hydrogen-bond donors (Lipinski definition) is 1. The van der Waals surface area contributed by atoms with Gasteiger partial charge in [0, 0.05) is 28.2 Å². The van der Waals surface area contributed by atoms with Crippen molar-refractivity contribution in [3.63, 3.8) is 0 Å². The molecule has 278 valence electrons. The van der Waals surface area contributed by atoms with Crippen molar-refractivity contribution < 1.29 is 33.8 Å². The van der Waals surface area contributed by atoms with Gasteiger partial charge in [0.2, 0.25) is 4.87 Å². The number of hydrogen-bond acceptors (Lipinski definition) is 11. The van der Waals surface area contributed by atoms with E-state index in [-0.39, 0.29) is 55.5 Å². The lowest BCUT2D eigenvalue weighted by molar-refractivity contribution is -0.160. The minimum atomic E-state index is -1.12. The van der Waals surface area contributed by atoms with Crippen molar-refractivity contribution in [2.45, 2.75) is 52.3 Å². The molecule has 5 atom stereocenters. The molecule has 6 aliphatic heterocycles. The Labute approximate surface area is 321 Å². The monoisotopic (exact) mass is 784 g/mol. The zero-order valence-corrected chi connectivity index (χ0v) is 31.9. The molecule has 11 nitrogen and oxygen atoms in total. The Morgan fingerprint density at radius 2 is 1.13 bits per heavy atom. The lowest BCUT2D eigenvalue weighted by Gasteiger charge is -2.52. The van der Waals surface area contributed by atoms with E-state index in [1.807, 2.05) is 84.9 Å². The van der Waals surface area contributed by atoms with Crippen molar-refractivity contribution >= 4 is 68.7 Å². The first kappa shape index (κ1) is 40.0. The number of rotatable bonds is 10. The standard InChI is InChI=1S/C22H24N2O4S2.C14H16N2O3S2.CH4/c1-23-19-18(26)24(2)22(21(23)27,14-28-13-16-6-4-3-5-7-16)30-20(29-19)17-10-8-15(12-25)9-11-17;1-15-12-11(17)16(2)14(13(15)18,21-20-12)9-19-8-10-6-4-3-5-7-10;/h3-11,19-20,25H,12-14H2,1-2H3;3-7,12H,8-9H2,1-2H3;1H4/t19?,20?,22-;12?,14-;/m00./s1. The Bertz CT molecular complexity index is 1740. The highest BCUT2D eigenvalue weighted by Crippen LogP contribution is 2.56. The minimum Gasteiger partial charge on any atom is -0.392 e. The number of carbonyl (C=O) groups excluding carboxylic acids is 4. The molecule has 4 bridgehead atoms. The van der Waals surface area contributed by atoms with Gasteiger partial charge in [0.1, 0.15) is 0 Å². The highest BCUT2D eigenvalue weighted by Gasteiger charge is 2.61. The Kier molecular flexibility index (Phi) is 13.0. The van der Waals surface area contributed by atoms with Crippen LogP contribution < -0.4 is 0 Å². The number of ether oxygens (including phenoxy) is 2. The lowest BCUT2D eigenvalue weighted by atomic mass is 10.1. The van der Waals surface area contributed by atoms with Crippen molar-refractivity contribution in [3.8, 4) is 0 Å². The summed E-state index contributed by atoms with van der Waals surface area (Å²) in [6.45, 7) is 1.08. The van der Waals surface area contributed by atoms with Crippen molar-refractivity contribution in [2.24, 2.45) is 0 Å². The molecule has 0 spiro atoms. The second kappa shape index (κ2) is 16.9. The topological polar surface area (TPSA) is 120 Å². The number of fused-ring (bicyclic) bond motifs is 7. The summed E-state index contributed by atoms with van der Waals surface area (Å²) in [6, 6.07) is 27.2. The molecule has 0 aromatic heterocycles. The maximum absolute atomic E-state index is 13.4. The van der Waals surface area contributed by atoms with Crippen LogP contribution in [0, 0.1) is 0 Å². The molecule has 3 aromatic carbocycles. The van der Waals surface area contributed by atoms with E-state index in [1.165, 1.54) is 54.9 Å². The maximum Gasteiger partial charge on any atom is 0.263 e. The van der Waals surface area contributed by atoms with Crippen LogP contribution in [0.4, 0.5) is 0 Å². The number of benzene rings is 3. The van der Waals surface area contributed by atoms with E-state index in [4.69, 9.17) is 9.47 Å². The summed E-state index contributed by atoms with van der Waals surface area (Å²) in [5.41, 5.74) is 3.89. The number of carbonyl (C=O) groups is 4. The molecule has 0 radical (unpaired) electrons. The Hall–Kier alpha value is -3.18. The number of nitrogens with zero attached hydrogens (tertiary/aromatic N) is 4. The van der Waals surface area contributed by atoms with Crippen LogP contribution in [0.3, 0.4) is 0 Å². The number of aliphatic hydroxyl groups is 1. The molecule has 0 aliphatic carbocycles. The molecular formula is C37H44N4O7S4. The largest absolute Gasteiger partial charge is 0.392 e. The van der Waals surface area contributed by atoms with E-state index in [9.17, 15) is 24.3 Å². The SMILES string of the molecule is C.CN1C(=O)[C@]2(COCc3ccccc3)SC(c3ccc(CO)cc3)SC1C(=O)N2C.CN1C(=O)[C@]2(COCc3ccccc3)SSC1C(=O)N2C. The van der Waals surface area contributed by atoms with Gasteiger partial charge in [-0.1, -0.05) is 114 Å². The van der Waals surface area contributed by atoms with Gasteiger partial charge in [-0.25, -0.2) is 0 Å². The predicted octanol–water partition coefficient (Wildman–Crippen LogP) is 5.01. The van der Waals surface area contributed by atoms with E-state index < -0.39 is 20.5 Å². The van der Waals surface area contributed by atoms with Gasteiger partial charge in [0.25, 0.3) is 23.6 Å². The Morgan fingerprint density at radius 1 is 0.654 bits per heavy atom. The number of likely N-dealkylation sites (N-methyl/N-ethyl adjacent to an activating group) is 4. The van der Waals surface area contributed by atoms with Gasteiger partial charge >= 0.3 is 0 Å². The van der Waals surface area contributed by atoms with E-state index in [0.717, 1.165) is 22.3 Å². The number of thioether (sulfide) groups is 2. The fourth-order valence-corrected chi connectivity index (χ4v) is 12.8. The van der Waals surface area contributed by atoms with E-state index >= 15 is 0 Å². The molecule has 1 N–H and O–H groups in total. The maximum atomic E-state index is 13.4. The van der Waals surface area contributed by atoms with Gasteiger partial charge in [-0.15, -0.1) is 23.5 Å². The molecule has 4 amide bonds. The third-order valence-corrected chi connectivity index (χ3v) is 15.9. The van der Waals surface area contributed by atoms with Crippen LogP contribution in [0.5, 0.6) is 0 Å². The molecule has 0 saturated carbocycles. The number of piperazine rings is 2. The van der Waals surface area contributed by atoms with Crippen LogP contribution in [0.1, 0.15) is 34.3 Å². The van der Waals surface area contributed by atoms with E-state index in [0.29, 0.717) is 13.2 Å². The lowest BCUT2D eigenvalue weighted by Crippen LogP contribution is -2.71. The first-order valence-corrected chi connectivity index (χ1v) is 20.3. The first-order chi connectivity index (χ1) is 24.5. The fraction of sp³-hybridized carbons (Fsp3) is 0.405. The molecule has 6 heterocycles. The summed E-state index contributed by atoms with van der Waals surface area (Å²) in [7, 11) is 9.59. The molecule has 3 unspecified atom stereocenters. The third-order valence-electron chi connectivity index (χ3n) is 9.26. The van der Waals surface area contributed by atoms with Crippen LogP contribution in [0.25, 0.3) is 0 Å². The van der Waals surface area contributed by atoms with Crippen LogP contribution in [0.15, 0.2) is 84.9 Å². The zero-order chi connectivity index (χ0) is 36.3. The van der Waals surface area contributed by atoms with Gasteiger partial charge in [-0.05, 0) is 22.3 Å². The molecule has 6 fully saturated rings. The van der Waals surface area contributed by atoms with Crippen molar-refractivity contribution in [1.82, 2.24) is 19.6 Å². The highest BCUT2D eigenvalue weighted by atomic mass is 33.1. The Balaban J connectivity index is 0.000000209. The van der Waals surface area contributed by atoms with Crippen molar-refractivity contribution in [2.75, 3.05) is 41.4 Å². The average molecular weight is 785 g/mol. The summed E-state index contributed by atoms with van der Waals surface area (Å²) in [5.74, 6) is -0.308. The molecule has 6 saturated heterocycles. The average Bonchev–Trinajstić information content (AvgIpc) is 3.34. The molecule has 9 rings (SSSR count). The van der Waals surface area contributed by atoms with Gasteiger partial charge < -0.3 is 34.2 Å².